The Morgan fingerprint density at radius 3 is 2.53 bits per heavy atom. The zero-order chi connectivity index (χ0) is 11.1. The summed E-state index contributed by atoms with van der Waals surface area (Å²) in [5, 5.41) is 0.187. The van der Waals surface area contributed by atoms with Gasteiger partial charge in [-0.2, -0.15) is 0 Å². The minimum absolute atomic E-state index is 0.0344. The number of rotatable bonds is 0. The Kier molecular flexibility index (Phi) is 2.44. The fourth-order valence-corrected chi connectivity index (χ4v) is 2.88. The maximum atomic E-state index is 12.4. The van der Waals surface area contributed by atoms with E-state index in [4.69, 9.17) is 0 Å². The van der Waals surface area contributed by atoms with Crippen LogP contribution in [0.25, 0.3) is 9.65 Å². The number of hydrogen-bond acceptors (Lipinski definition) is 1. The van der Waals surface area contributed by atoms with Crippen molar-refractivity contribution in [1.82, 2.24) is 0 Å². The molecule has 0 aliphatic carbocycles. The molecule has 0 radical (unpaired) electrons. The first-order valence-corrected chi connectivity index (χ1v) is 5.92. The molecule has 0 unspecified atom stereocenters. The molecule has 78 valence electrons. The van der Waals surface area contributed by atoms with Crippen molar-refractivity contribution in [2.75, 3.05) is 0 Å². The van der Waals surface area contributed by atoms with E-state index in [1.807, 2.05) is 0 Å². The SMILES string of the molecule is O=c1cc[se]c2ccc(C(F)(F)F)cc12. The quantitative estimate of drug-likeness (QED) is 0.675. The third-order valence-corrected chi connectivity index (χ3v) is 3.84. The summed E-state index contributed by atoms with van der Waals surface area (Å²) in [5.41, 5.74) is -1.11. The van der Waals surface area contributed by atoms with E-state index in [9.17, 15) is 18.0 Å². The molecule has 0 atom stereocenters. The predicted octanol–water partition coefficient (Wildman–Crippen LogP) is 2.28. The Morgan fingerprint density at radius 1 is 1.13 bits per heavy atom. The summed E-state index contributed by atoms with van der Waals surface area (Å²) < 4.78 is 37.8. The fourth-order valence-electron chi connectivity index (χ4n) is 1.26. The van der Waals surface area contributed by atoms with Crippen LogP contribution >= 0.6 is 0 Å². The van der Waals surface area contributed by atoms with Gasteiger partial charge in [0.25, 0.3) is 0 Å². The predicted molar refractivity (Wildman–Crippen MR) is 52.2 cm³/mol. The van der Waals surface area contributed by atoms with E-state index in [1.54, 1.807) is 4.94 Å². The van der Waals surface area contributed by atoms with Gasteiger partial charge in [0.2, 0.25) is 0 Å². The first kappa shape index (κ1) is 10.5. The van der Waals surface area contributed by atoms with Gasteiger partial charge in [-0.25, -0.2) is 0 Å². The Hall–Kier alpha value is -1.06. The average Bonchev–Trinajstić information content (AvgIpc) is 2.16. The maximum absolute atomic E-state index is 12.4. The molecule has 0 amide bonds. The van der Waals surface area contributed by atoms with Gasteiger partial charge in [0.15, 0.2) is 0 Å². The van der Waals surface area contributed by atoms with Gasteiger partial charge in [0.1, 0.15) is 0 Å². The molecule has 2 rings (SSSR count). The molecule has 0 bridgehead atoms. The number of benzene rings is 1. The molecule has 1 nitrogen and oxygen atoms in total. The van der Waals surface area contributed by atoms with Gasteiger partial charge in [0, 0.05) is 0 Å². The molecule has 1 heterocycles. The standard InChI is InChI=1S/C10H5F3OSe/c11-10(12,13)6-1-2-9-7(5-6)8(14)3-4-15-9/h1-5H. The van der Waals surface area contributed by atoms with Gasteiger partial charge >= 0.3 is 88.5 Å². The fraction of sp³-hybridized carbons (Fsp3) is 0.100. The molecule has 0 aliphatic rings. The van der Waals surface area contributed by atoms with Crippen LogP contribution in [0.1, 0.15) is 5.56 Å². The molecule has 5 heteroatoms. The van der Waals surface area contributed by atoms with Crippen molar-refractivity contribution in [1.29, 1.82) is 0 Å². The van der Waals surface area contributed by atoms with Crippen molar-refractivity contribution in [3.63, 3.8) is 0 Å². The Labute approximate surface area is 88.9 Å². The molecule has 15 heavy (non-hydrogen) atoms. The third kappa shape index (κ3) is 1.98. The topological polar surface area (TPSA) is 17.1 Å². The first-order valence-electron chi connectivity index (χ1n) is 4.07. The number of halogens is 3. The molecule has 2 aromatic rings. The van der Waals surface area contributed by atoms with Crippen LogP contribution in [0.2, 0.25) is 0 Å². The summed E-state index contributed by atoms with van der Waals surface area (Å²) in [7, 11) is 0. The second-order valence-corrected chi connectivity index (χ2v) is 4.98. The summed E-state index contributed by atoms with van der Waals surface area (Å²) >= 11 is -0.0344. The molecule has 0 spiro atoms. The second-order valence-electron chi connectivity index (χ2n) is 2.99. The Balaban J connectivity index is 2.76. The number of hydrogen-bond donors (Lipinski definition) is 0. The molecular weight excluding hydrogens is 272 g/mol. The van der Waals surface area contributed by atoms with E-state index >= 15 is 0 Å². The first-order chi connectivity index (χ1) is 6.98. The average molecular weight is 277 g/mol. The van der Waals surface area contributed by atoms with Gasteiger partial charge in [-0.1, -0.05) is 0 Å². The Bertz CT molecular complexity index is 556. The van der Waals surface area contributed by atoms with Crippen LogP contribution in [-0.2, 0) is 6.18 Å². The van der Waals surface area contributed by atoms with Gasteiger partial charge in [-0.3, -0.25) is 0 Å². The van der Waals surface area contributed by atoms with Crippen molar-refractivity contribution >= 4 is 24.1 Å². The summed E-state index contributed by atoms with van der Waals surface area (Å²) in [5.74, 6) is 0. The van der Waals surface area contributed by atoms with E-state index in [2.05, 4.69) is 0 Å². The van der Waals surface area contributed by atoms with Crippen molar-refractivity contribution in [3.8, 4) is 0 Å². The molecule has 0 saturated heterocycles. The van der Waals surface area contributed by atoms with Crippen LogP contribution in [0.15, 0.2) is 34.0 Å². The molecule has 1 aromatic carbocycles. The zero-order valence-corrected chi connectivity index (χ0v) is 9.05. The van der Waals surface area contributed by atoms with Crippen LogP contribution in [0.5, 0.6) is 0 Å². The van der Waals surface area contributed by atoms with Crippen molar-refractivity contribution in [3.05, 3.63) is 45.0 Å². The summed E-state index contributed by atoms with van der Waals surface area (Å²) in [6.45, 7) is 0. The van der Waals surface area contributed by atoms with Crippen LogP contribution in [0.4, 0.5) is 13.2 Å². The van der Waals surface area contributed by atoms with Crippen molar-refractivity contribution in [2.24, 2.45) is 0 Å². The van der Waals surface area contributed by atoms with E-state index in [1.165, 1.54) is 12.1 Å². The van der Waals surface area contributed by atoms with Gasteiger partial charge < -0.3 is 0 Å². The second kappa shape index (κ2) is 3.51. The van der Waals surface area contributed by atoms with Crippen LogP contribution in [0.3, 0.4) is 0 Å². The van der Waals surface area contributed by atoms with E-state index in [0.29, 0.717) is 4.26 Å². The summed E-state index contributed by atoms with van der Waals surface area (Å²) in [6, 6.07) is 4.68. The van der Waals surface area contributed by atoms with Crippen LogP contribution in [-0.4, -0.2) is 14.5 Å². The number of alkyl halides is 3. The van der Waals surface area contributed by atoms with Gasteiger partial charge in [-0.15, -0.1) is 0 Å². The monoisotopic (exact) mass is 278 g/mol. The molecule has 0 fully saturated rings. The van der Waals surface area contributed by atoms with Gasteiger partial charge in [0.05, 0.1) is 0 Å². The zero-order valence-electron chi connectivity index (χ0n) is 7.34. The van der Waals surface area contributed by atoms with E-state index < -0.39 is 11.7 Å². The number of fused-ring (bicyclic) bond motifs is 1. The van der Waals surface area contributed by atoms with Crippen molar-refractivity contribution < 1.29 is 13.2 Å². The Morgan fingerprint density at radius 2 is 1.87 bits per heavy atom. The molecule has 0 aliphatic heterocycles. The molecular formula is C10H5F3OSe. The molecule has 0 saturated carbocycles. The molecule has 0 N–H and O–H groups in total. The normalized spacial score (nSPS) is 11.9. The van der Waals surface area contributed by atoms with Crippen molar-refractivity contribution in [2.45, 2.75) is 6.18 Å². The summed E-state index contributed by atoms with van der Waals surface area (Å²) in [4.78, 5) is 13.0. The molecule has 1 aromatic heterocycles. The van der Waals surface area contributed by atoms with E-state index in [0.717, 1.165) is 12.1 Å². The van der Waals surface area contributed by atoms with E-state index in [-0.39, 0.29) is 25.3 Å². The van der Waals surface area contributed by atoms with Crippen LogP contribution in [0, 0.1) is 0 Å². The minimum atomic E-state index is -4.39. The van der Waals surface area contributed by atoms with Gasteiger partial charge in [-0.05, 0) is 0 Å². The summed E-state index contributed by atoms with van der Waals surface area (Å²) in [6.07, 6.45) is -4.39. The van der Waals surface area contributed by atoms with Crippen LogP contribution < -0.4 is 5.43 Å². The third-order valence-electron chi connectivity index (χ3n) is 1.99.